The van der Waals surface area contributed by atoms with Gasteiger partial charge in [-0.1, -0.05) is 0 Å². The number of likely N-dealkylation sites (N-methyl/N-ethyl adjacent to an activating group) is 1. The zero-order valence-corrected chi connectivity index (χ0v) is 17.1. The molecule has 1 atom stereocenters. The predicted molar refractivity (Wildman–Crippen MR) is 106 cm³/mol. The number of hydrogen-bond donors (Lipinski definition) is 1. The van der Waals surface area contributed by atoms with Crippen LogP contribution in [0, 0.1) is 0 Å². The highest BCUT2D eigenvalue weighted by Crippen LogP contribution is 2.20. The minimum Gasteiger partial charge on any atom is -0.378 e. The standard InChI is InChI=1S/C19H29N3O5S/c1-21-9-11-22(12-10-21)28(24,25)18-6-4-16(5-7-18)20-19(23)8-14-26-15-17-3-2-13-27-17/h4-7,17H,2-3,8-15H2,1H3,(H,20,23). The second-order valence-electron chi connectivity index (χ2n) is 7.24. The molecule has 8 nitrogen and oxygen atoms in total. The van der Waals surface area contributed by atoms with E-state index in [0.29, 0.717) is 32.0 Å². The van der Waals surface area contributed by atoms with Crippen molar-refractivity contribution < 1.29 is 22.7 Å². The first kappa shape index (κ1) is 21.2. The van der Waals surface area contributed by atoms with Crippen LogP contribution in [-0.2, 0) is 24.3 Å². The van der Waals surface area contributed by atoms with E-state index in [0.717, 1.165) is 32.5 Å². The number of ether oxygens (including phenoxy) is 2. The molecule has 0 bridgehead atoms. The molecule has 9 heteroatoms. The Kier molecular flexibility index (Phi) is 7.42. The summed E-state index contributed by atoms with van der Waals surface area (Å²) in [5.41, 5.74) is 0.571. The second kappa shape index (κ2) is 9.80. The molecular formula is C19H29N3O5S. The second-order valence-corrected chi connectivity index (χ2v) is 9.18. The Labute approximate surface area is 166 Å². The van der Waals surface area contributed by atoms with Gasteiger partial charge in [0.2, 0.25) is 15.9 Å². The summed E-state index contributed by atoms with van der Waals surface area (Å²) in [4.78, 5) is 14.4. The molecule has 1 unspecified atom stereocenters. The first-order valence-corrected chi connectivity index (χ1v) is 11.2. The van der Waals surface area contributed by atoms with Crippen molar-refractivity contribution in [3.8, 4) is 0 Å². The van der Waals surface area contributed by atoms with Crippen LogP contribution in [0.2, 0.25) is 0 Å². The molecule has 1 aromatic carbocycles. The summed E-state index contributed by atoms with van der Waals surface area (Å²) >= 11 is 0. The molecule has 2 aliphatic heterocycles. The average molecular weight is 412 g/mol. The molecule has 1 amide bonds. The minimum absolute atomic E-state index is 0.151. The van der Waals surface area contributed by atoms with Gasteiger partial charge in [-0.2, -0.15) is 4.31 Å². The van der Waals surface area contributed by atoms with Crippen LogP contribution in [0.4, 0.5) is 5.69 Å². The van der Waals surface area contributed by atoms with Crippen LogP contribution < -0.4 is 5.32 Å². The van der Waals surface area contributed by atoms with Gasteiger partial charge in [0.1, 0.15) is 0 Å². The molecule has 1 aromatic rings. The SMILES string of the molecule is CN1CCN(S(=O)(=O)c2ccc(NC(=O)CCOCC3CCCO3)cc2)CC1. The highest BCUT2D eigenvalue weighted by atomic mass is 32.2. The van der Waals surface area contributed by atoms with Crippen molar-refractivity contribution >= 4 is 21.6 Å². The maximum Gasteiger partial charge on any atom is 0.243 e. The number of nitrogens with zero attached hydrogens (tertiary/aromatic N) is 2. The van der Waals surface area contributed by atoms with E-state index in [1.54, 1.807) is 12.1 Å². The monoisotopic (exact) mass is 411 g/mol. The number of hydrogen-bond acceptors (Lipinski definition) is 6. The van der Waals surface area contributed by atoms with Crippen molar-refractivity contribution in [2.75, 3.05) is 58.4 Å². The fourth-order valence-corrected chi connectivity index (χ4v) is 4.69. The smallest absolute Gasteiger partial charge is 0.243 e. The van der Waals surface area contributed by atoms with Crippen molar-refractivity contribution in [3.05, 3.63) is 24.3 Å². The van der Waals surface area contributed by atoms with Crippen LogP contribution in [0.25, 0.3) is 0 Å². The van der Waals surface area contributed by atoms with Crippen molar-refractivity contribution in [2.24, 2.45) is 0 Å². The van der Waals surface area contributed by atoms with E-state index in [1.165, 1.54) is 16.4 Å². The molecule has 2 fully saturated rings. The van der Waals surface area contributed by atoms with Gasteiger partial charge in [-0.3, -0.25) is 4.79 Å². The molecule has 2 saturated heterocycles. The highest BCUT2D eigenvalue weighted by Gasteiger charge is 2.27. The first-order chi connectivity index (χ1) is 13.4. The molecule has 2 heterocycles. The fourth-order valence-electron chi connectivity index (χ4n) is 3.27. The molecule has 0 spiro atoms. The third kappa shape index (κ3) is 5.74. The molecule has 0 saturated carbocycles. The summed E-state index contributed by atoms with van der Waals surface area (Å²) in [6, 6.07) is 6.32. The summed E-state index contributed by atoms with van der Waals surface area (Å²) in [6.07, 6.45) is 2.47. The van der Waals surface area contributed by atoms with E-state index >= 15 is 0 Å². The minimum atomic E-state index is -3.49. The van der Waals surface area contributed by atoms with E-state index in [4.69, 9.17) is 9.47 Å². The van der Waals surface area contributed by atoms with Gasteiger partial charge in [-0.05, 0) is 44.2 Å². The Bertz CT molecular complexity index is 739. The quantitative estimate of drug-likeness (QED) is 0.646. The molecule has 3 rings (SSSR count). The summed E-state index contributed by atoms with van der Waals surface area (Å²) < 4.78 is 37.9. The van der Waals surface area contributed by atoms with Crippen LogP contribution in [-0.4, -0.2) is 82.7 Å². The third-order valence-corrected chi connectivity index (χ3v) is 6.95. The Balaban J connectivity index is 1.45. The third-order valence-electron chi connectivity index (χ3n) is 5.04. The van der Waals surface area contributed by atoms with Gasteiger partial charge < -0.3 is 19.7 Å². The lowest BCUT2D eigenvalue weighted by Crippen LogP contribution is -2.46. The summed E-state index contributed by atoms with van der Waals surface area (Å²) in [6.45, 7) is 4.07. The molecule has 0 radical (unpaired) electrons. The first-order valence-electron chi connectivity index (χ1n) is 9.73. The van der Waals surface area contributed by atoms with E-state index in [9.17, 15) is 13.2 Å². The van der Waals surface area contributed by atoms with Crippen molar-refractivity contribution in [1.29, 1.82) is 0 Å². The summed E-state index contributed by atoms with van der Waals surface area (Å²) in [5, 5.41) is 2.77. The molecule has 0 aliphatic carbocycles. The molecule has 2 aliphatic rings. The van der Waals surface area contributed by atoms with Crippen LogP contribution in [0.15, 0.2) is 29.2 Å². The molecule has 28 heavy (non-hydrogen) atoms. The van der Waals surface area contributed by atoms with Crippen LogP contribution in [0.1, 0.15) is 19.3 Å². The molecule has 1 N–H and O–H groups in total. The van der Waals surface area contributed by atoms with Crippen LogP contribution in [0.3, 0.4) is 0 Å². The van der Waals surface area contributed by atoms with Gasteiger partial charge >= 0.3 is 0 Å². The summed E-state index contributed by atoms with van der Waals surface area (Å²) in [7, 11) is -1.51. The zero-order chi connectivity index (χ0) is 20.0. The number of piperazine rings is 1. The van der Waals surface area contributed by atoms with Gasteiger partial charge in [0.15, 0.2) is 0 Å². The van der Waals surface area contributed by atoms with Gasteiger partial charge in [0, 0.05) is 38.5 Å². The Hall–Kier alpha value is -1.52. The Morgan fingerprint density at radius 3 is 2.57 bits per heavy atom. The number of carbonyl (C=O) groups is 1. The van der Waals surface area contributed by atoms with Crippen LogP contribution >= 0.6 is 0 Å². The lowest BCUT2D eigenvalue weighted by Gasteiger charge is -2.31. The number of anilines is 1. The maximum atomic E-state index is 12.7. The Morgan fingerprint density at radius 2 is 1.93 bits per heavy atom. The number of sulfonamides is 1. The van der Waals surface area contributed by atoms with E-state index in [2.05, 4.69) is 10.2 Å². The van der Waals surface area contributed by atoms with Crippen molar-refractivity contribution in [3.63, 3.8) is 0 Å². The van der Waals surface area contributed by atoms with Gasteiger partial charge in [-0.15, -0.1) is 0 Å². The lowest BCUT2D eigenvalue weighted by atomic mass is 10.2. The number of carbonyl (C=O) groups excluding carboxylic acids is 1. The van der Waals surface area contributed by atoms with E-state index in [-0.39, 0.29) is 23.3 Å². The zero-order valence-electron chi connectivity index (χ0n) is 16.3. The van der Waals surface area contributed by atoms with E-state index < -0.39 is 10.0 Å². The van der Waals surface area contributed by atoms with Crippen molar-refractivity contribution in [1.82, 2.24) is 9.21 Å². The normalized spacial score (nSPS) is 21.7. The number of nitrogens with one attached hydrogen (secondary N) is 1. The van der Waals surface area contributed by atoms with Gasteiger partial charge in [-0.25, -0.2) is 8.42 Å². The van der Waals surface area contributed by atoms with Gasteiger partial charge in [0.25, 0.3) is 0 Å². The average Bonchev–Trinajstić information content (AvgIpc) is 3.20. The highest BCUT2D eigenvalue weighted by molar-refractivity contribution is 7.89. The lowest BCUT2D eigenvalue weighted by molar-refractivity contribution is -0.117. The maximum absolute atomic E-state index is 12.7. The predicted octanol–water partition coefficient (Wildman–Crippen LogP) is 1.15. The summed E-state index contributed by atoms with van der Waals surface area (Å²) in [5.74, 6) is -0.165. The topological polar surface area (TPSA) is 88.2 Å². The van der Waals surface area contributed by atoms with E-state index in [1.807, 2.05) is 7.05 Å². The largest absolute Gasteiger partial charge is 0.378 e. The van der Waals surface area contributed by atoms with Gasteiger partial charge in [0.05, 0.1) is 30.6 Å². The molecular weight excluding hydrogens is 382 g/mol. The van der Waals surface area contributed by atoms with Crippen molar-refractivity contribution in [2.45, 2.75) is 30.3 Å². The number of rotatable bonds is 8. The Morgan fingerprint density at radius 1 is 1.21 bits per heavy atom. The molecule has 0 aromatic heterocycles. The van der Waals surface area contributed by atoms with Crippen LogP contribution in [0.5, 0.6) is 0 Å². The fraction of sp³-hybridized carbons (Fsp3) is 0.632. The number of benzene rings is 1. The number of amides is 1. The molecule has 156 valence electrons.